The van der Waals surface area contributed by atoms with Crippen LogP contribution in [-0.2, 0) is 11.3 Å². The highest BCUT2D eigenvalue weighted by Crippen LogP contribution is 2.19. The fraction of sp³-hybridized carbons (Fsp3) is 0.692. The Labute approximate surface area is 130 Å². The third kappa shape index (κ3) is 5.36. The monoisotopic (exact) mass is 318 g/mol. The van der Waals surface area contributed by atoms with E-state index in [1.54, 1.807) is 11.3 Å². The van der Waals surface area contributed by atoms with Crippen molar-refractivity contribution in [1.29, 1.82) is 0 Å². The number of carbonyl (C=O) groups excluding carboxylic acids is 1. The molecule has 1 aliphatic rings. The van der Waals surface area contributed by atoms with Crippen molar-refractivity contribution in [1.82, 2.24) is 15.2 Å². The predicted octanol–water partition coefficient (Wildman–Crippen LogP) is 1.38. The second kappa shape index (κ2) is 9.28. The molecule has 2 heterocycles. The van der Waals surface area contributed by atoms with Gasteiger partial charge in [-0.1, -0.05) is 6.42 Å². The van der Waals surface area contributed by atoms with Gasteiger partial charge < -0.3 is 11.1 Å². The van der Waals surface area contributed by atoms with Gasteiger partial charge in [-0.3, -0.25) is 9.69 Å². The fourth-order valence-corrected chi connectivity index (χ4v) is 3.02. The second-order valence-electron chi connectivity index (χ2n) is 4.94. The molecule has 7 heteroatoms. The van der Waals surface area contributed by atoms with Crippen LogP contribution >= 0.6 is 23.7 Å². The normalized spacial score (nSPS) is 19.4. The molecule has 0 aliphatic carbocycles. The number of carbonyl (C=O) groups is 1. The van der Waals surface area contributed by atoms with Crippen molar-refractivity contribution >= 4 is 29.7 Å². The molecule has 1 saturated heterocycles. The molecule has 1 unspecified atom stereocenters. The van der Waals surface area contributed by atoms with Gasteiger partial charge in [0.25, 0.3) is 0 Å². The van der Waals surface area contributed by atoms with Crippen molar-refractivity contribution in [2.24, 2.45) is 5.73 Å². The van der Waals surface area contributed by atoms with Crippen molar-refractivity contribution in [3.63, 3.8) is 0 Å². The minimum atomic E-state index is 0. The van der Waals surface area contributed by atoms with E-state index in [-0.39, 0.29) is 18.3 Å². The third-order valence-corrected chi connectivity index (χ3v) is 4.14. The molecule has 0 bridgehead atoms. The smallest absolute Gasteiger partial charge is 0.221 e. The van der Waals surface area contributed by atoms with Gasteiger partial charge in [-0.15, -0.1) is 23.7 Å². The van der Waals surface area contributed by atoms with Gasteiger partial charge in [-0.25, -0.2) is 4.98 Å². The lowest BCUT2D eigenvalue weighted by Crippen LogP contribution is -2.46. The van der Waals surface area contributed by atoms with Crippen LogP contribution in [-0.4, -0.2) is 41.5 Å². The Bertz CT molecular complexity index is 388. The van der Waals surface area contributed by atoms with Gasteiger partial charge in [0.1, 0.15) is 0 Å². The average Bonchev–Trinajstić information content (AvgIpc) is 2.91. The zero-order valence-electron chi connectivity index (χ0n) is 11.6. The second-order valence-corrected chi connectivity index (χ2v) is 5.66. The summed E-state index contributed by atoms with van der Waals surface area (Å²) in [6, 6.07) is 0.428. The number of thiazole rings is 1. The number of nitrogens with zero attached hydrogens (tertiary/aromatic N) is 2. The maximum Gasteiger partial charge on any atom is 0.221 e. The molecule has 0 saturated carbocycles. The summed E-state index contributed by atoms with van der Waals surface area (Å²) in [6.45, 7) is 3.12. The summed E-state index contributed by atoms with van der Waals surface area (Å²) in [5, 5.41) is 5.08. The van der Waals surface area contributed by atoms with E-state index < -0.39 is 0 Å². The summed E-state index contributed by atoms with van der Waals surface area (Å²) < 4.78 is 0. The molecule has 1 atom stereocenters. The molecule has 1 fully saturated rings. The molecule has 5 nitrogen and oxygen atoms in total. The first-order valence-electron chi connectivity index (χ1n) is 6.87. The number of hydrogen-bond acceptors (Lipinski definition) is 5. The van der Waals surface area contributed by atoms with Crippen molar-refractivity contribution < 1.29 is 4.79 Å². The largest absolute Gasteiger partial charge is 0.354 e. The van der Waals surface area contributed by atoms with Gasteiger partial charge in [0.05, 0.1) is 11.2 Å². The SMILES string of the molecule is Cl.NCCC(=O)NCC1CCCCN1Cc1cscn1. The van der Waals surface area contributed by atoms with Crippen LogP contribution < -0.4 is 11.1 Å². The van der Waals surface area contributed by atoms with Gasteiger partial charge in [-0.2, -0.15) is 0 Å². The Kier molecular flexibility index (Phi) is 8.06. The van der Waals surface area contributed by atoms with E-state index in [0.717, 1.165) is 31.7 Å². The van der Waals surface area contributed by atoms with E-state index in [2.05, 4.69) is 20.6 Å². The van der Waals surface area contributed by atoms with Crippen molar-refractivity contribution in [3.05, 3.63) is 16.6 Å². The summed E-state index contributed by atoms with van der Waals surface area (Å²) in [7, 11) is 0. The van der Waals surface area contributed by atoms with E-state index in [1.165, 1.54) is 12.8 Å². The van der Waals surface area contributed by atoms with Crippen LogP contribution in [0.3, 0.4) is 0 Å². The summed E-state index contributed by atoms with van der Waals surface area (Å²) in [5.41, 5.74) is 8.38. The van der Waals surface area contributed by atoms with Crippen LogP contribution in [0.5, 0.6) is 0 Å². The van der Waals surface area contributed by atoms with Crippen molar-refractivity contribution in [2.75, 3.05) is 19.6 Å². The Morgan fingerprint density at radius 3 is 3.10 bits per heavy atom. The van der Waals surface area contributed by atoms with E-state index in [4.69, 9.17) is 5.73 Å². The molecule has 20 heavy (non-hydrogen) atoms. The summed E-state index contributed by atoms with van der Waals surface area (Å²) in [5.74, 6) is 0.0571. The van der Waals surface area contributed by atoms with Gasteiger partial charge in [-0.05, 0) is 19.4 Å². The van der Waals surface area contributed by atoms with Crippen molar-refractivity contribution in [3.8, 4) is 0 Å². The lowest BCUT2D eigenvalue weighted by molar-refractivity contribution is -0.121. The Balaban J connectivity index is 0.00000200. The van der Waals surface area contributed by atoms with E-state index in [9.17, 15) is 4.79 Å². The molecule has 1 amide bonds. The quantitative estimate of drug-likeness (QED) is 0.831. The molecule has 1 aromatic heterocycles. The minimum absolute atomic E-state index is 0. The molecule has 1 aliphatic heterocycles. The van der Waals surface area contributed by atoms with Crippen LogP contribution in [0.2, 0.25) is 0 Å². The molecule has 114 valence electrons. The Morgan fingerprint density at radius 2 is 2.40 bits per heavy atom. The lowest BCUT2D eigenvalue weighted by atomic mass is 10.0. The molecular weight excluding hydrogens is 296 g/mol. The first-order valence-corrected chi connectivity index (χ1v) is 7.81. The van der Waals surface area contributed by atoms with Crippen LogP contribution in [0.15, 0.2) is 10.9 Å². The summed E-state index contributed by atoms with van der Waals surface area (Å²) >= 11 is 1.63. The molecule has 0 aromatic carbocycles. The summed E-state index contributed by atoms with van der Waals surface area (Å²) in [6.07, 6.45) is 4.04. The van der Waals surface area contributed by atoms with Crippen molar-refractivity contribution in [2.45, 2.75) is 38.3 Å². The number of piperidine rings is 1. The molecule has 1 aromatic rings. The van der Waals surface area contributed by atoms with Crippen LogP contribution in [0, 0.1) is 0 Å². The highest BCUT2D eigenvalue weighted by Gasteiger charge is 2.23. The lowest BCUT2D eigenvalue weighted by Gasteiger charge is -2.35. The molecule has 2 rings (SSSR count). The molecule has 3 N–H and O–H groups in total. The first-order chi connectivity index (χ1) is 9.29. The summed E-state index contributed by atoms with van der Waals surface area (Å²) in [4.78, 5) is 18.3. The van der Waals surface area contributed by atoms with E-state index >= 15 is 0 Å². The highest BCUT2D eigenvalue weighted by molar-refractivity contribution is 7.07. The number of nitrogens with one attached hydrogen (secondary N) is 1. The first kappa shape index (κ1) is 17.4. The highest BCUT2D eigenvalue weighted by atomic mass is 35.5. The number of nitrogens with two attached hydrogens (primary N) is 1. The number of likely N-dealkylation sites (tertiary alicyclic amines) is 1. The van der Waals surface area contributed by atoms with E-state index in [1.807, 2.05) is 5.51 Å². The van der Waals surface area contributed by atoms with Crippen LogP contribution in [0.4, 0.5) is 0 Å². The van der Waals surface area contributed by atoms with E-state index in [0.29, 0.717) is 19.0 Å². The zero-order chi connectivity index (χ0) is 13.5. The number of amides is 1. The molecule has 0 spiro atoms. The Hall–Kier alpha value is -0.690. The fourth-order valence-electron chi connectivity index (χ4n) is 2.47. The predicted molar refractivity (Wildman–Crippen MR) is 84.1 cm³/mol. The van der Waals surface area contributed by atoms with Gasteiger partial charge in [0, 0.05) is 37.5 Å². The molecule has 0 radical (unpaired) electrons. The number of hydrogen-bond donors (Lipinski definition) is 2. The maximum absolute atomic E-state index is 11.5. The number of aromatic nitrogens is 1. The Morgan fingerprint density at radius 1 is 1.55 bits per heavy atom. The minimum Gasteiger partial charge on any atom is -0.354 e. The number of rotatable bonds is 6. The zero-order valence-corrected chi connectivity index (χ0v) is 13.2. The molecular formula is C13H23ClN4OS. The van der Waals surface area contributed by atoms with Crippen LogP contribution in [0.25, 0.3) is 0 Å². The van der Waals surface area contributed by atoms with Gasteiger partial charge >= 0.3 is 0 Å². The standard InChI is InChI=1S/C13H22N4OS.ClH/c14-5-4-13(18)15-7-12-3-1-2-6-17(12)8-11-9-19-10-16-11;/h9-10,12H,1-8,14H2,(H,15,18);1H. The number of halogens is 1. The maximum atomic E-state index is 11.5. The topological polar surface area (TPSA) is 71.2 Å². The van der Waals surface area contributed by atoms with Gasteiger partial charge in [0.15, 0.2) is 0 Å². The van der Waals surface area contributed by atoms with Crippen LogP contribution in [0.1, 0.15) is 31.4 Å². The third-order valence-electron chi connectivity index (χ3n) is 3.50. The average molecular weight is 319 g/mol. The van der Waals surface area contributed by atoms with Gasteiger partial charge in [0.2, 0.25) is 5.91 Å².